The van der Waals surface area contributed by atoms with Crippen LogP contribution in [0.25, 0.3) is 0 Å². The fraction of sp³-hybridized carbons (Fsp3) is 0.833. The molecule has 2 heteroatoms. The molecule has 1 saturated carbocycles. The highest BCUT2D eigenvalue weighted by Crippen LogP contribution is 2.27. The Morgan fingerprint density at radius 1 is 1.29 bits per heavy atom. The van der Waals surface area contributed by atoms with E-state index in [1.165, 1.54) is 38.5 Å². The lowest BCUT2D eigenvalue weighted by Gasteiger charge is -2.25. The van der Waals surface area contributed by atoms with Gasteiger partial charge in [0.15, 0.2) is 0 Å². The Hall–Kier alpha value is -0.340. The summed E-state index contributed by atoms with van der Waals surface area (Å²) in [6, 6.07) is 0.506. The predicted octanol–water partition coefficient (Wildman–Crippen LogP) is 2.75. The van der Waals surface area contributed by atoms with E-state index in [1.807, 2.05) is 6.08 Å². The van der Waals surface area contributed by atoms with Crippen molar-refractivity contribution >= 4 is 0 Å². The topological polar surface area (TPSA) is 38.0 Å². The van der Waals surface area contributed by atoms with Gasteiger partial charge >= 0.3 is 0 Å². The molecule has 0 aliphatic heterocycles. The molecule has 1 aliphatic carbocycles. The summed E-state index contributed by atoms with van der Waals surface area (Å²) in [6.45, 7) is 3.76. The lowest BCUT2D eigenvalue weighted by molar-refractivity contribution is 0.309. The van der Waals surface area contributed by atoms with Crippen molar-refractivity contribution in [1.82, 2.24) is 5.43 Å². The van der Waals surface area contributed by atoms with E-state index in [1.54, 1.807) is 0 Å². The lowest BCUT2D eigenvalue weighted by atomic mass is 9.89. The summed E-state index contributed by atoms with van der Waals surface area (Å²) in [6.07, 6.45) is 12.5. The molecule has 0 radical (unpaired) electrons. The molecule has 1 unspecified atom stereocenters. The Morgan fingerprint density at radius 2 is 1.93 bits per heavy atom. The predicted molar refractivity (Wildman–Crippen MR) is 61.7 cm³/mol. The van der Waals surface area contributed by atoms with Crippen molar-refractivity contribution in [2.75, 3.05) is 0 Å². The summed E-state index contributed by atoms with van der Waals surface area (Å²) in [5.74, 6) is 6.41. The molecule has 0 heterocycles. The van der Waals surface area contributed by atoms with E-state index in [0.29, 0.717) is 6.04 Å². The van der Waals surface area contributed by atoms with Gasteiger partial charge in [-0.25, -0.2) is 0 Å². The molecule has 82 valence electrons. The van der Waals surface area contributed by atoms with E-state index < -0.39 is 0 Å². The molecule has 0 aromatic rings. The SMILES string of the molecule is C=CCCC(NN)C1CCCCCC1. The lowest BCUT2D eigenvalue weighted by Crippen LogP contribution is -2.40. The van der Waals surface area contributed by atoms with Crippen molar-refractivity contribution in [3.63, 3.8) is 0 Å². The first-order chi connectivity index (χ1) is 6.88. The summed E-state index contributed by atoms with van der Waals surface area (Å²) < 4.78 is 0. The number of hydrogen-bond acceptors (Lipinski definition) is 2. The third-order valence-electron chi connectivity index (χ3n) is 3.36. The first-order valence-electron chi connectivity index (χ1n) is 5.95. The van der Waals surface area contributed by atoms with Gasteiger partial charge in [-0.1, -0.05) is 31.8 Å². The largest absolute Gasteiger partial charge is 0.271 e. The number of rotatable bonds is 5. The van der Waals surface area contributed by atoms with Crippen molar-refractivity contribution in [1.29, 1.82) is 0 Å². The van der Waals surface area contributed by atoms with Crippen LogP contribution in [-0.4, -0.2) is 6.04 Å². The van der Waals surface area contributed by atoms with Crippen LogP contribution in [0.5, 0.6) is 0 Å². The molecule has 1 fully saturated rings. The minimum atomic E-state index is 0.506. The Labute approximate surface area is 87.9 Å². The van der Waals surface area contributed by atoms with Gasteiger partial charge in [0.25, 0.3) is 0 Å². The summed E-state index contributed by atoms with van der Waals surface area (Å²) in [5.41, 5.74) is 2.99. The standard InChI is InChI=1S/C12H24N2/c1-2-3-10-12(14-13)11-8-6-4-5-7-9-11/h2,11-12,14H,1,3-10,13H2. The Balaban J connectivity index is 2.35. The van der Waals surface area contributed by atoms with Crippen LogP contribution in [0, 0.1) is 5.92 Å². The monoisotopic (exact) mass is 196 g/mol. The van der Waals surface area contributed by atoms with Crippen LogP contribution in [0.1, 0.15) is 51.4 Å². The molecule has 0 aromatic heterocycles. The smallest absolute Gasteiger partial charge is 0.0241 e. The summed E-state index contributed by atoms with van der Waals surface area (Å²) in [4.78, 5) is 0. The van der Waals surface area contributed by atoms with Crippen molar-refractivity contribution in [3.8, 4) is 0 Å². The molecule has 3 N–H and O–H groups in total. The van der Waals surface area contributed by atoms with Gasteiger partial charge in [-0.05, 0) is 31.6 Å². The Morgan fingerprint density at radius 3 is 2.43 bits per heavy atom. The minimum absolute atomic E-state index is 0.506. The van der Waals surface area contributed by atoms with E-state index in [0.717, 1.165) is 18.8 Å². The Kier molecular flexibility index (Phi) is 5.88. The zero-order valence-electron chi connectivity index (χ0n) is 9.17. The molecule has 0 spiro atoms. The van der Waals surface area contributed by atoms with Crippen LogP contribution < -0.4 is 11.3 Å². The fourth-order valence-electron chi connectivity index (χ4n) is 2.47. The van der Waals surface area contributed by atoms with Gasteiger partial charge in [0, 0.05) is 6.04 Å². The number of allylic oxidation sites excluding steroid dienone is 1. The highest BCUT2D eigenvalue weighted by Gasteiger charge is 2.20. The molecule has 1 rings (SSSR count). The van der Waals surface area contributed by atoms with Gasteiger partial charge in [0.2, 0.25) is 0 Å². The maximum Gasteiger partial charge on any atom is 0.0241 e. The average molecular weight is 196 g/mol. The van der Waals surface area contributed by atoms with Gasteiger partial charge in [-0.3, -0.25) is 11.3 Å². The normalized spacial score (nSPS) is 21.5. The highest BCUT2D eigenvalue weighted by atomic mass is 15.2. The van der Waals surface area contributed by atoms with Gasteiger partial charge in [0.05, 0.1) is 0 Å². The maximum atomic E-state index is 5.61. The maximum absolute atomic E-state index is 5.61. The molecule has 0 amide bonds. The van der Waals surface area contributed by atoms with E-state index in [-0.39, 0.29) is 0 Å². The summed E-state index contributed by atoms with van der Waals surface area (Å²) in [7, 11) is 0. The van der Waals surface area contributed by atoms with E-state index in [9.17, 15) is 0 Å². The molecule has 0 bridgehead atoms. The summed E-state index contributed by atoms with van der Waals surface area (Å²) in [5, 5.41) is 0. The number of nitrogens with one attached hydrogen (secondary N) is 1. The van der Waals surface area contributed by atoms with Crippen molar-refractivity contribution in [2.45, 2.75) is 57.4 Å². The van der Waals surface area contributed by atoms with Gasteiger partial charge in [-0.15, -0.1) is 6.58 Å². The molecular weight excluding hydrogens is 172 g/mol. The van der Waals surface area contributed by atoms with Crippen LogP contribution >= 0.6 is 0 Å². The zero-order chi connectivity index (χ0) is 10.2. The number of hydrogen-bond donors (Lipinski definition) is 2. The number of hydrazine groups is 1. The molecule has 0 aromatic carbocycles. The third kappa shape index (κ3) is 3.81. The molecule has 2 nitrogen and oxygen atoms in total. The van der Waals surface area contributed by atoms with Crippen LogP contribution in [-0.2, 0) is 0 Å². The molecule has 1 aliphatic rings. The molecule has 0 saturated heterocycles. The number of nitrogens with two attached hydrogens (primary N) is 1. The fourth-order valence-corrected chi connectivity index (χ4v) is 2.47. The van der Waals surface area contributed by atoms with Crippen molar-refractivity contribution in [3.05, 3.63) is 12.7 Å². The molecule has 1 atom stereocenters. The van der Waals surface area contributed by atoms with Crippen LogP contribution in [0.4, 0.5) is 0 Å². The van der Waals surface area contributed by atoms with Gasteiger partial charge in [-0.2, -0.15) is 0 Å². The van der Waals surface area contributed by atoms with E-state index >= 15 is 0 Å². The first-order valence-corrected chi connectivity index (χ1v) is 5.95. The van der Waals surface area contributed by atoms with Crippen molar-refractivity contribution in [2.24, 2.45) is 11.8 Å². The first kappa shape index (κ1) is 11.7. The second-order valence-corrected chi connectivity index (χ2v) is 4.39. The zero-order valence-corrected chi connectivity index (χ0v) is 9.17. The second-order valence-electron chi connectivity index (χ2n) is 4.39. The van der Waals surface area contributed by atoms with E-state index in [2.05, 4.69) is 12.0 Å². The third-order valence-corrected chi connectivity index (χ3v) is 3.36. The molecule has 14 heavy (non-hydrogen) atoms. The van der Waals surface area contributed by atoms with E-state index in [4.69, 9.17) is 5.84 Å². The minimum Gasteiger partial charge on any atom is -0.271 e. The van der Waals surface area contributed by atoms with Crippen LogP contribution in [0.3, 0.4) is 0 Å². The Bertz CT molecular complexity index is 148. The molecular formula is C12H24N2. The average Bonchev–Trinajstić information content (AvgIpc) is 2.48. The van der Waals surface area contributed by atoms with Crippen LogP contribution in [0.15, 0.2) is 12.7 Å². The van der Waals surface area contributed by atoms with Crippen LogP contribution in [0.2, 0.25) is 0 Å². The quantitative estimate of drug-likeness (QED) is 0.307. The van der Waals surface area contributed by atoms with Gasteiger partial charge < -0.3 is 0 Å². The van der Waals surface area contributed by atoms with Gasteiger partial charge in [0.1, 0.15) is 0 Å². The summed E-state index contributed by atoms with van der Waals surface area (Å²) >= 11 is 0. The highest BCUT2D eigenvalue weighted by molar-refractivity contribution is 4.79. The van der Waals surface area contributed by atoms with Crippen molar-refractivity contribution < 1.29 is 0 Å². The second kappa shape index (κ2) is 7.02.